The third-order valence-corrected chi connectivity index (χ3v) is 2.96. The molecule has 4 heteroatoms. The van der Waals surface area contributed by atoms with E-state index in [9.17, 15) is 0 Å². The molecule has 2 aromatic rings. The molecule has 0 saturated carbocycles. The van der Waals surface area contributed by atoms with Gasteiger partial charge in [-0.05, 0) is 5.56 Å². The van der Waals surface area contributed by atoms with Crippen LogP contribution in [0, 0.1) is 0 Å². The first kappa shape index (κ1) is 13.1. The minimum atomic E-state index is 0.338. The molecule has 1 N–H and O–H groups in total. The lowest BCUT2D eigenvalue weighted by molar-refractivity contribution is 0.105. The summed E-state index contributed by atoms with van der Waals surface area (Å²) in [5.74, 6) is 1.24. The molecule has 0 saturated heterocycles. The summed E-state index contributed by atoms with van der Waals surface area (Å²) in [6.07, 6.45) is 0. The lowest BCUT2D eigenvalue weighted by Crippen LogP contribution is -1.96. The van der Waals surface area contributed by atoms with E-state index >= 15 is 0 Å². The molecule has 0 unspecified atom stereocenters. The molecule has 0 aliphatic carbocycles. The van der Waals surface area contributed by atoms with Gasteiger partial charge in [-0.15, -0.1) is 0 Å². The number of rotatable bonds is 5. The standard InChI is InChI=1S/C14H17ClN2O/c1-10(2)14-16-12(13(15)17-14)9-18-8-11-6-4-3-5-7-11/h3-7,10H,8-9H2,1-2H3,(H,16,17). The topological polar surface area (TPSA) is 37.9 Å². The lowest BCUT2D eigenvalue weighted by atomic mass is 10.2. The van der Waals surface area contributed by atoms with Crippen molar-refractivity contribution in [2.75, 3.05) is 0 Å². The van der Waals surface area contributed by atoms with Crippen LogP contribution < -0.4 is 0 Å². The zero-order chi connectivity index (χ0) is 13.0. The van der Waals surface area contributed by atoms with Crippen molar-refractivity contribution in [1.82, 2.24) is 9.97 Å². The van der Waals surface area contributed by atoms with E-state index in [4.69, 9.17) is 16.3 Å². The first-order valence-corrected chi connectivity index (χ1v) is 6.40. The molecule has 0 amide bonds. The third-order valence-electron chi connectivity index (χ3n) is 2.65. The normalized spacial score (nSPS) is 11.1. The molecule has 0 bridgehead atoms. The second kappa shape index (κ2) is 6.03. The van der Waals surface area contributed by atoms with Crippen LogP contribution in [0.5, 0.6) is 0 Å². The van der Waals surface area contributed by atoms with Gasteiger partial charge in [-0.3, -0.25) is 0 Å². The molecular weight excluding hydrogens is 248 g/mol. The highest BCUT2D eigenvalue weighted by molar-refractivity contribution is 6.30. The summed E-state index contributed by atoms with van der Waals surface area (Å²) in [6, 6.07) is 10.1. The highest BCUT2D eigenvalue weighted by Crippen LogP contribution is 2.19. The van der Waals surface area contributed by atoms with Gasteiger partial charge in [0.05, 0.1) is 18.9 Å². The van der Waals surface area contributed by atoms with Crippen LogP contribution >= 0.6 is 11.6 Å². The minimum Gasteiger partial charge on any atom is -0.370 e. The van der Waals surface area contributed by atoms with Crippen molar-refractivity contribution in [2.24, 2.45) is 0 Å². The minimum absolute atomic E-state index is 0.338. The van der Waals surface area contributed by atoms with Gasteiger partial charge in [-0.2, -0.15) is 0 Å². The number of hydrogen-bond acceptors (Lipinski definition) is 2. The Kier molecular flexibility index (Phi) is 4.39. The van der Waals surface area contributed by atoms with Gasteiger partial charge < -0.3 is 9.72 Å². The monoisotopic (exact) mass is 264 g/mol. The smallest absolute Gasteiger partial charge is 0.152 e. The van der Waals surface area contributed by atoms with E-state index in [0.29, 0.717) is 24.3 Å². The Morgan fingerprint density at radius 3 is 2.56 bits per heavy atom. The van der Waals surface area contributed by atoms with Crippen molar-refractivity contribution in [3.05, 3.63) is 52.6 Å². The van der Waals surface area contributed by atoms with E-state index in [1.54, 1.807) is 0 Å². The van der Waals surface area contributed by atoms with Gasteiger partial charge in [0.25, 0.3) is 0 Å². The number of benzene rings is 1. The predicted octanol–water partition coefficient (Wildman–Crippen LogP) is 3.90. The first-order valence-electron chi connectivity index (χ1n) is 6.02. The van der Waals surface area contributed by atoms with Crippen LogP contribution in [0.1, 0.15) is 36.8 Å². The molecule has 0 fully saturated rings. The summed E-state index contributed by atoms with van der Waals surface area (Å²) in [7, 11) is 0. The number of nitrogens with zero attached hydrogens (tertiary/aromatic N) is 1. The van der Waals surface area contributed by atoms with Gasteiger partial charge in [0.15, 0.2) is 5.15 Å². The van der Waals surface area contributed by atoms with E-state index in [-0.39, 0.29) is 0 Å². The molecule has 0 radical (unpaired) electrons. The Morgan fingerprint density at radius 2 is 1.94 bits per heavy atom. The van der Waals surface area contributed by atoms with E-state index < -0.39 is 0 Å². The van der Waals surface area contributed by atoms with Crippen LogP contribution in [0.4, 0.5) is 0 Å². The number of imidazole rings is 1. The average Bonchev–Trinajstić information content (AvgIpc) is 2.73. The van der Waals surface area contributed by atoms with Crippen LogP contribution in [0.3, 0.4) is 0 Å². The fourth-order valence-corrected chi connectivity index (χ4v) is 1.81. The van der Waals surface area contributed by atoms with Gasteiger partial charge in [-0.1, -0.05) is 55.8 Å². The molecule has 0 aliphatic rings. The van der Waals surface area contributed by atoms with Gasteiger partial charge in [0.2, 0.25) is 0 Å². The predicted molar refractivity (Wildman–Crippen MR) is 72.6 cm³/mol. The summed E-state index contributed by atoms with van der Waals surface area (Å²) < 4.78 is 5.62. The Hall–Kier alpha value is -1.32. The van der Waals surface area contributed by atoms with Crippen molar-refractivity contribution in [3.8, 4) is 0 Å². The molecule has 1 heterocycles. The highest BCUT2D eigenvalue weighted by atomic mass is 35.5. The van der Waals surface area contributed by atoms with Crippen molar-refractivity contribution < 1.29 is 4.74 Å². The lowest BCUT2D eigenvalue weighted by Gasteiger charge is -2.03. The highest BCUT2D eigenvalue weighted by Gasteiger charge is 2.10. The number of nitrogens with one attached hydrogen (secondary N) is 1. The molecular formula is C14H17ClN2O. The molecule has 18 heavy (non-hydrogen) atoms. The molecule has 0 aliphatic heterocycles. The number of ether oxygens (including phenoxy) is 1. The van der Waals surface area contributed by atoms with Crippen LogP contribution in [0.2, 0.25) is 5.15 Å². The van der Waals surface area contributed by atoms with E-state index in [1.807, 2.05) is 30.3 Å². The van der Waals surface area contributed by atoms with Crippen molar-refractivity contribution in [1.29, 1.82) is 0 Å². The maximum Gasteiger partial charge on any atom is 0.152 e. The Bertz CT molecular complexity index is 494. The molecule has 0 spiro atoms. The van der Waals surface area contributed by atoms with Crippen molar-refractivity contribution in [2.45, 2.75) is 33.0 Å². The van der Waals surface area contributed by atoms with E-state index in [2.05, 4.69) is 23.8 Å². The Balaban J connectivity index is 1.90. The maximum absolute atomic E-state index is 6.05. The fraction of sp³-hybridized carbons (Fsp3) is 0.357. The molecule has 0 atom stereocenters. The molecule has 96 valence electrons. The summed E-state index contributed by atoms with van der Waals surface area (Å²) in [6.45, 7) is 5.17. The largest absolute Gasteiger partial charge is 0.370 e. The Morgan fingerprint density at radius 1 is 1.22 bits per heavy atom. The molecule has 1 aromatic heterocycles. The maximum atomic E-state index is 6.05. The summed E-state index contributed by atoms with van der Waals surface area (Å²) in [5, 5.41) is 0.506. The van der Waals surface area contributed by atoms with Crippen LogP contribution in [0.15, 0.2) is 30.3 Å². The quantitative estimate of drug-likeness (QED) is 0.889. The second-order valence-electron chi connectivity index (χ2n) is 4.52. The van der Waals surface area contributed by atoms with Crippen LogP contribution in [-0.4, -0.2) is 9.97 Å². The van der Waals surface area contributed by atoms with Crippen LogP contribution in [0.25, 0.3) is 0 Å². The van der Waals surface area contributed by atoms with E-state index in [0.717, 1.165) is 17.1 Å². The number of aromatic amines is 1. The zero-order valence-corrected chi connectivity index (χ0v) is 11.4. The average molecular weight is 265 g/mol. The number of aromatic nitrogens is 2. The summed E-state index contributed by atoms with van der Waals surface area (Å²) in [5.41, 5.74) is 1.99. The van der Waals surface area contributed by atoms with Crippen molar-refractivity contribution in [3.63, 3.8) is 0 Å². The fourth-order valence-electron chi connectivity index (χ4n) is 1.62. The second-order valence-corrected chi connectivity index (χ2v) is 4.88. The van der Waals surface area contributed by atoms with Gasteiger partial charge >= 0.3 is 0 Å². The first-order chi connectivity index (χ1) is 8.66. The molecule has 1 aromatic carbocycles. The SMILES string of the molecule is CC(C)c1nc(Cl)c(COCc2ccccc2)[nH]1. The Labute approximate surface area is 112 Å². The van der Waals surface area contributed by atoms with Gasteiger partial charge in [-0.25, -0.2) is 4.98 Å². The number of H-pyrrole nitrogens is 1. The third kappa shape index (κ3) is 3.34. The number of hydrogen-bond donors (Lipinski definition) is 1. The van der Waals surface area contributed by atoms with E-state index in [1.165, 1.54) is 0 Å². The van der Waals surface area contributed by atoms with Gasteiger partial charge in [0, 0.05) is 5.92 Å². The van der Waals surface area contributed by atoms with Crippen LogP contribution in [-0.2, 0) is 18.0 Å². The summed E-state index contributed by atoms with van der Waals surface area (Å²) >= 11 is 6.05. The molecule has 2 rings (SSSR count). The molecule has 3 nitrogen and oxygen atoms in total. The number of halogens is 1. The zero-order valence-electron chi connectivity index (χ0n) is 10.6. The van der Waals surface area contributed by atoms with Crippen molar-refractivity contribution >= 4 is 11.6 Å². The van der Waals surface area contributed by atoms with Gasteiger partial charge in [0.1, 0.15) is 5.82 Å². The summed E-state index contributed by atoms with van der Waals surface area (Å²) in [4.78, 5) is 7.46.